The fourth-order valence-electron chi connectivity index (χ4n) is 1.24. The van der Waals surface area contributed by atoms with Crippen LogP contribution < -0.4 is 10.6 Å². The molecule has 2 amide bonds. The van der Waals surface area contributed by atoms with Gasteiger partial charge in [0.2, 0.25) is 0 Å². The van der Waals surface area contributed by atoms with E-state index in [2.05, 4.69) is 16.6 Å². The number of urea groups is 1. The highest BCUT2D eigenvalue weighted by molar-refractivity contribution is 6.00. The van der Waals surface area contributed by atoms with Crippen molar-refractivity contribution in [2.24, 2.45) is 0 Å². The number of hydrogen-bond donors (Lipinski definition) is 3. The average Bonchev–Trinajstić information content (AvgIpc) is 2.28. The van der Waals surface area contributed by atoms with Gasteiger partial charge in [0.1, 0.15) is 0 Å². The van der Waals surface area contributed by atoms with E-state index in [0.717, 1.165) is 5.56 Å². The largest absolute Gasteiger partial charge is 0.478 e. The summed E-state index contributed by atoms with van der Waals surface area (Å²) in [7, 11) is 0. The molecule has 0 saturated heterocycles. The van der Waals surface area contributed by atoms with Gasteiger partial charge in [-0.3, -0.25) is 0 Å². The Bertz CT molecular complexity index is 489. The molecule has 5 nitrogen and oxygen atoms in total. The SMILES string of the molecule is C#CCNC(=O)Nc1ccc(C)cc1C(=O)O. The number of anilines is 1. The maximum Gasteiger partial charge on any atom is 0.337 e. The lowest BCUT2D eigenvalue weighted by atomic mass is 10.1. The summed E-state index contributed by atoms with van der Waals surface area (Å²) in [6.45, 7) is 1.86. The molecule has 1 rings (SSSR count). The van der Waals surface area contributed by atoms with Crippen molar-refractivity contribution in [2.45, 2.75) is 6.92 Å². The van der Waals surface area contributed by atoms with Crippen molar-refractivity contribution in [2.75, 3.05) is 11.9 Å². The highest BCUT2D eigenvalue weighted by Crippen LogP contribution is 2.17. The van der Waals surface area contributed by atoms with Crippen LogP contribution in [0.2, 0.25) is 0 Å². The van der Waals surface area contributed by atoms with Crippen LogP contribution >= 0.6 is 0 Å². The quantitative estimate of drug-likeness (QED) is 0.690. The highest BCUT2D eigenvalue weighted by Gasteiger charge is 2.11. The van der Waals surface area contributed by atoms with Crippen molar-refractivity contribution < 1.29 is 14.7 Å². The summed E-state index contributed by atoms with van der Waals surface area (Å²) >= 11 is 0. The number of aromatic carboxylic acids is 1. The molecule has 0 aliphatic carbocycles. The van der Waals surface area contributed by atoms with Gasteiger partial charge in [-0.25, -0.2) is 9.59 Å². The summed E-state index contributed by atoms with van der Waals surface area (Å²) < 4.78 is 0. The van der Waals surface area contributed by atoms with E-state index in [0.29, 0.717) is 0 Å². The summed E-state index contributed by atoms with van der Waals surface area (Å²) in [4.78, 5) is 22.3. The second kappa shape index (κ2) is 5.56. The van der Waals surface area contributed by atoms with Crippen LogP contribution in [0, 0.1) is 19.3 Å². The van der Waals surface area contributed by atoms with Crippen molar-refractivity contribution in [3.8, 4) is 12.3 Å². The molecule has 5 heteroatoms. The number of rotatable bonds is 3. The van der Waals surface area contributed by atoms with Gasteiger partial charge in [0.25, 0.3) is 0 Å². The Hall–Kier alpha value is -2.48. The summed E-state index contributed by atoms with van der Waals surface area (Å²) in [6.07, 6.45) is 4.98. The Labute approximate surface area is 98.8 Å². The second-order valence-electron chi connectivity index (χ2n) is 3.37. The minimum atomic E-state index is -1.10. The first-order valence-electron chi connectivity index (χ1n) is 4.87. The number of carbonyl (C=O) groups is 2. The molecule has 88 valence electrons. The molecule has 1 aromatic carbocycles. The lowest BCUT2D eigenvalue weighted by Gasteiger charge is -2.09. The number of hydrogen-bond acceptors (Lipinski definition) is 2. The van der Waals surface area contributed by atoms with Crippen LogP contribution in [0.5, 0.6) is 0 Å². The first kappa shape index (κ1) is 12.6. The van der Waals surface area contributed by atoms with Gasteiger partial charge in [0.15, 0.2) is 0 Å². The number of carboxylic acid groups (broad SMARTS) is 1. The fourth-order valence-corrected chi connectivity index (χ4v) is 1.24. The van der Waals surface area contributed by atoms with E-state index >= 15 is 0 Å². The molecule has 0 bridgehead atoms. The third-order valence-electron chi connectivity index (χ3n) is 2.00. The molecule has 0 radical (unpaired) electrons. The van der Waals surface area contributed by atoms with Gasteiger partial charge in [-0.2, -0.15) is 0 Å². The van der Waals surface area contributed by atoms with Gasteiger partial charge in [-0.05, 0) is 19.1 Å². The molecule has 0 fully saturated rings. The van der Waals surface area contributed by atoms with Crippen molar-refractivity contribution in [1.29, 1.82) is 0 Å². The number of carbonyl (C=O) groups excluding carboxylic acids is 1. The molecular formula is C12H12N2O3. The molecule has 0 saturated carbocycles. The predicted molar refractivity (Wildman–Crippen MR) is 64.0 cm³/mol. The van der Waals surface area contributed by atoms with E-state index in [9.17, 15) is 9.59 Å². The first-order chi connectivity index (χ1) is 8.04. The van der Waals surface area contributed by atoms with Gasteiger partial charge in [0.05, 0.1) is 17.8 Å². The number of terminal acetylenes is 1. The lowest BCUT2D eigenvalue weighted by Crippen LogP contribution is -2.29. The van der Waals surface area contributed by atoms with E-state index < -0.39 is 12.0 Å². The number of aryl methyl sites for hydroxylation is 1. The Kier molecular flexibility index (Phi) is 4.12. The zero-order valence-electron chi connectivity index (χ0n) is 9.28. The van der Waals surface area contributed by atoms with Crippen molar-refractivity contribution >= 4 is 17.7 Å². The van der Waals surface area contributed by atoms with Crippen LogP contribution in [0.25, 0.3) is 0 Å². The molecule has 17 heavy (non-hydrogen) atoms. The molecule has 0 heterocycles. The average molecular weight is 232 g/mol. The molecular weight excluding hydrogens is 220 g/mol. The first-order valence-corrected chi connectivity index (χ1v) is 4.87. The second-order valence-corrected chi connectivity index (χ2v) is 3.37. The van der Waals surface area contributed by atoms with Gasteiger partial charge in [-0.1, -0.05) is 17.6 Å². The summed E-state index contributed by atoms with van der Waals surface area (Å²) in [5.41, 5.74) is 1.08. The Balaban J connectivity index is 2.87. The van der Waals surface area contributed by atoms with Gasteiger partial charge in [0, 0.05) is 0 Å². The Morgan fingerprint density at radius 2 is 2.18 bits per heavy atom. The Morgan fingerprint density at radius 1 is 1.47 bits per heavy atom. The van der Waals surface area contributed by atoms with E-state index in [1.54, 1.807) is 13.0 Å². The smallest absolute Gasteiger partial charge is 0.337 e. The molecule has 0 unspecified atom stereocenters. The van der Waals surface area contributed by atoms with E-state index in [-0.39, 0.29) is 17.8 Å². The topological polar surface area (TPSA) is 78.4 Å². The standard InChI is InChI=1S/C12H12N2O3/c1-3-6-13-12(17)14-10-5-4-8(2)7-9(10)11(15)16/h1,4-5,7H,6H2,2H3,(H,15,16)(H2,13,14,17). The van der Waals surface area contributed by atoms with Crippen LogP contribution in [0.4, 0.5) is 10.5 Å². The van der Waals surface area contributed by atoms with E-state index in [1.807, 2.05) is 0 Å². The van der Waals surface area contributed by atoms with Crippen LogP contribution in [0.15, 0.2) is 18.2 Å². The zero-order chi connectivity index (χ0) is 12.8. The molecule has 0 spiro atoms. The number of carboxylic acids is 1. The Morgan fingerprint density at radius 3 is 2.76 bits per heavy atom. The van der Waals surface area contributed by atoms with Crippen molar-refractivity contribution in [3.63, 3.8) is 0 Å². The molecule has 0 aliphatic rings. The fraction of sp³-hybridized carbons (Fsp3) is 0.167. The summed E-state index contributed by atoms with van der Waals surface area (Å²) in [5, 5.41) is 13.8. The maximum absolute atomic E-state index is 11.3. The monoisotopic (exact) mass is 232 g/mol. The van der Waals surface area contributed by atoms with Crippen molar-refractivity contribution in [1.82, 2.24) is 5.32 Å². The van der Waals surface area contributed by atoms with E-state index in [1.165, 1.54) is 12.1 Å². The minimum absolute atomic E-state index is 0.0425. The summed E-state index contributed by atoms with van der Waals surface area (Å²) in [5.74, 6) is 1.15. The molecule has 3 N–H and O–H groups in total. The van der Waals surface area contributed by atoms with Crippen LogP contribution in [-0.2, 0) is 0 Å². The van der Waals surface area contributed by atoms with Gasteiger partial charge in [-0.15, -0.1) is 6.42 Å². The molecule has 0 atom stereocenters. The normalized spacial score (nSPS) is 9.18. The number of amides is 2. The predicted octanol–water partition coefficient (Wildman–Crippen LogP) is 1.45. The zero-order valence-corrected chi connectivity index (χ0v) is 9.28. The van der Waals surface area contributed by atoms with Gasteiger partial charge >= 0.3 is 12.0 Å². The maximum atomic E-state index is 11.3. The third kappa shape index (κ3) is 3.54. The van der Waals surface area contributed by atoms with Crippen LogP contribution in [0.1, 0.15) is 15.9 Å². The minimum Gasteiger partial charge on any atom is -0.478 e. The van der Waals surface area contributed by atoms with Crippen LogP contribution in [-0.4, -0.2) is 23.7 Å². The van der Waals surface area contributed by atoms with E-state index in [4.69, 9.17) is 11.5 Å². The highest BCUT2D eigenvalue weighted by atomic mass is 16.4. The molecule has 0 aliphatic heterocycles. The van der Waals surface area contributed by atoms with Crippen LogP contribution in [0.3, 0.4) is 0 Å². The third-order valence-corrected chi connectivity index (χ3v) is 2.00. The lowest BCUT2D eigenvalue weighted by molar-refractivity contribution is 0.0698. The van der Waals surface area contributed by atoms with Gasteiger partial charge < -0.3 is 15.7 Å². The van der Waals surface area contributed by atoms with Crippen molar-refractivity contribution in [3.05, 3.63) is 29.3 Å². The molecule has 1 aromatic rings. The molecule has 0 aromatic heterocycles. The number of benzene rings is 1. The summed E-state index contributed by atoms with van der Waals surface area (Å²) in [6, 6.07) is 4.20. The number of nitrogens with one attached hydrogen (secondary N) is 2.